The van der Waals surface area contributed by atoms with Gasteiger partial charge in [0.05, 0.1) is 18.2 Å². The summed E-state index contributed by atoms with van der Waals surface area (Å²) in [5.41, 5.74) is 1.42. The van der Waals surface area contributed by atoms with Gasteiger partial charge in [0.2, 0.25) is 5.91 Å². The van der Waals surface area contributed by atoms with E-state index < -0.39 is 5.60 Å². The van der Waals surface area contributed by atoms with Gasteiger partial charge in [-0.25, -0.2) is 4.39 Å². The van der Waals surface area contributed by atoms with Crippen LogP contribution in [0.25, 0.3) is 0 Å². The number of nitrogens with one attached hydrogen (secondary N) is 2. The smallest absolute Gasteiger partial charge is 0.225 e. The monoisotopic (exact) mass is 372 g/mol. The molecule has 27 heavy (non-hydrogen) atoms. The van der Waals surface area contributed by atoms with Crippen LogP contribution in [-0.2, 0) is 11.8 Å². The third-order valence-electron chi connectivity index (χ3n) is 5.45. The molecule has 1 aromatic carbocycles. The number of carbonyl (C=O) groups is 1. The second kappa shape index (κ2) is 6.64. The molecule has 1 saturated heterocycles. The fraction of sp³-hybridized carbons (Fsp3) is 0.500. The molecule has 3 atom stereocenters. The molecule has 1 amide bonds. The lowest BCUT2D eigenvalue weighted by atomic mass is 9.87. The Bertz CT molecular complexity index is 863. The van der Waals surface area contributed by atoms with Crippen LogP contribution in [0.1, 0.15) is 43.4 Å². The van der Waals surface area contributed by atoms with Crippen LogP contribution in [-0.4, -0.2) is 34.4 Å². The molecular weight excluding hydrogens is 347 g/mol. The van der Waals surface area contributed by atoms with Crippen LogP contribution in [0, 0.1) is 11.7 Å². The maximum atomic E-state index is 13.6. The van der Waals surface area contributed by atoms with Gasteiger partial charge < -0.3 is 15.4 Å². The highest BCUT2D eigenvalue weighted by Crippen LogP contribution is 2.40. The average Bonchev–Trinajstić information content (AvgIpc) is 3.21. The number of halogens is 1. The molecule has 0 radical (unpaired) electrons. The van der Waals surface area contributed by atoms with Crippen molar-refractivity contribution in [2.75, 3.05) is 13.1 Å². The van der Waals surface area contributed by atoms with Crippen molar-refractivity contribution in [1.82, 2.24) is 20.4 Å². The fourth-order valence-electron chi connectivity index (χ4n) is 4.17. The van der Waals surface area contributed by atoms with Gasteiger partial charge in [0.1, 0.15) is 17.2 Å². The van der Waals surface area contributed by atoms with E-state index in [0.29, 0.717) is 18.7 Å². The van der Waals surface area contributed by atoms with Crippen LogP contribution in [0.4, 0.5) is 4.39 Å². The SMILES string of the molecule is Cn1cc([C@H]2CNC[C@@H]2C(=O)NC2CC(C)(C)Oc3cc(F)ccc32)cn1. The number of aryl methyl sites for hydroxylation is 1. The molecule has 2 N–H and O–H groups in total. The lowest BCUT2D eigenvalue weighted by Gasteiger charge is -2.38. The Morgan fingerprint density at radius 2 is 2.22 bits per heavy atom. The van der Waals surface area contributed by atoms with E-state index in [2.05, 4.69) is 15.7 Å². The summed E-state index contributed by atoms with van der Waals surface area (Å²) in [4.78, 5) is 13.1. The Balaban J connectivity index is 1.55. The van der Waals surface area contributed by atoms with Gasteiger partial charge in [0.15, 0.2) is 0 Å². The molecule has 2 aliphatic heterocycles. The van der Waals surface area contributed by atoms with E-state index in [9.17, 15) is 9.18 Å². The number of ether oxygens (including phenoxy) is 1. The van der Waals surface area contributed by atoms with Crippen LogP contribution in [0.2, 0.25) is 0 Å². The third-order valence-corrected chi connectivity index (χ3v) is 5.45. The van der Waals surface area contributed by atoms with E-state index in [4.69, 9.17) is 4.74 Å². The van der Waals surface area contributed by atoms with Gasteiger partial charge in [-0.3, -0.25) is 9.48 Å². The standard InChI is InChI=1S/C20H25FN4O2/c1-20(2)7-17(14-5-4-13(21)6-18(14)27-20)24-19(26)16-10-22-9-15(16)12-8-23-25(3)11-12/h4-6,8,11,15-17,22H,7,9-10H2,1-3H3,(H,24,26)/t15-,16+,17?/m1/s1. The zero-order valence-electron chi connectivity index (χ0n) is 15.8. The van der Waals surface area contributed by atoms with E-state index in [1.54, 1.807) is 10.7 Å². The molecule has 0 spiro atoms. The van der Waals surface area contributed by atoms with Crippen LogP contribution in [0.5, 0.6) is 5.75 Å². The Labute approximate surface area is 158 Å². The summed E-state index contributed by atoms with van der Waals surface area (Å²) in [6, 6.07) is 4.31. The van der Waals surface area contributed by atoms with Gasteiger partial charge >= 0.3 is 0 Å². The lowest BCUT2D eigenvalue weighted by Crippen LogP contribution is -2.44. The van der Waals surface area contributed by atoms with Crippen LogP contribution < -0.4 is 15.4 Å². The summed E-state index contributed by atoms with van der Waals surface area (Å²) >= 11 is 0. The molecule has 2 aromatic rings. The number of nitrogens with zero attached hydrogens (tertiary/aromatic N) is 2. The van der Waals surface area contributed by atoms with E-state index in [1.165, 1.54) is 12.1 Å². The predicted molar refractivity (Wildman–Crippen MR) is 98.9 cm³/mol. The van der Waals surface area contributed by atoms with Gasteiger partial charge in [0.25, 0.3) is 0 Å². The van der Waals surface area contributed by atoms with Crippen molar-refractivity contribution in [3.05, 3.63) is 47.5 Å². The maximum absolute atomic E-state index is 13.6. The molecule has 2 aliphatic rings. The number of benzene rings is 1. The summed E-state index contributed by atoms with van der Waals surface area (Å²) in [5.74, 6) is 0.105. The first-order valence-corrected chi connectivity index (χ1v) is 9.30. The van der Waals surface area contributed by atoms with Crippen molar-refractivity contribution in [2.24, 2.45) is 13.0 Å². The quantitative estimate of drug-likeness (QED) is 0.867. The van der Waals surface area contributed by atoms with Gasteiger partial charge in [0, 0.05) is 50.3 Å². The van der Waals surface area contributed by atoms with E-state index in [-0.39, 0.29) is 29.6 Å². The van der Waals surface area contributed by atoms with Crippen molar-refractivity contribution in [1.29, 1.82) is 0 Å². The van der Waals surface area contributed by atoms with Crippen molar-refractivity contribution < 1.29 is 13.9 Å². The molecule has 3 heterocycles. The molecule has 0 bridgehead atoms. The molecule has 1 aromatic heterocycles. The molecule has 6 nitrogen and oxygen atoms in total. The third kappa shape index (κ3) is 3.56. The first-order chi connectivity index (χ1) is 12.8. The zero-order chi connectivity index (χ0) is 19.2. The maximum Gasteiger partial charge on any atom is 0.225 e. The van der Waals surface area contributed by atoms with Crippen molar-refractivity contribution >= 4 is 5.91 Å². The summed E-state index contributed by atoms with van der Waals surface area (Å²) < 4.78 is 21.3. The number of rotatable bonds is 3. The molecule has 7 heteroatoms. The average molecular weight is 372 g/mol. The topological polar surface area (TPSA) is 68.2 Å². The van der Waals surface area contributed by atoms with E-state index in [0.717, 1.165) is 17.7 Å². The second-order valence-electron chi connectivity index (χ2n) is 8.13. The Kier molecular flexibility index (Phi) is 4.42. The van der Waals surface area contributed by atoms with Crippen LogP contribution in [0.15, 0.2) is 30.6 Å². The van der Waals surface area contributed by atoms with Gasteiger partial charge in [-0.1, -0.05) is 6.07 Å². The largest absolute Gasteiger partial charge is 0.487 e. The predicted octanol–water partition coefficient (Wildman–Crippen LogP) is 2.28. The van der Waals surface area contributed by atoms with Crippen LogP contribution >= 0.6 is 0 Å². The van der Waals surface area contributed by atoms with E-state index >= 15 is 0 Å². The van der Waals surface area contributed by atoms with Crippen molar-refractivity contribution in [3.8, 4) is 5.75 Å². The molecule has 1 unspecified atom stereocenters. The summed E-state index contributed by atoms with van der Waals surface area (Å²) in [6.07, 6.45) is 4.43. The van der Waals surface area contributed by atoms with Gasteiger partial charge in [-0.2, -0.15) is 5.10 Å². The molecular formula is C20H25FN4O2. The fourth-order valence-corrected chi connectivity index (χ4v) is 4.17. The minimum Gasteiger partial charge on any atom is -0.487 e. The number of carbonyl (C=O) groups excluding carboxylic acids is 1. The van der Waals surface area contributed by atoms with Crippen molar-refractivity contribution in [2.45, 2.75) is 37.8 Å². The number of hydrogen-bond acceptors (Lipinski definition) is 4. The molecule has 144 valence electrons. The first kappa shape index (κ1) is 18.0. The molecule has 4 rings (SSSR count). The number of fused-ring (bicyclic) bond motifs is 1. The zero-order valence-corrected chi connectivity index (χ0v) is 15.8. The summed E-state index contributed by atoms with van der Waals surface area (Å²) in [7, 11) is 1.88. The van der Waals surface area contributed by atoms with Gasteiger partial charge in [-0.05, 0) is 25.5 Å². The second-order valence-corrected chi connectivity index (χ2v) is 8.13. The van der Waals surface area contributed by atoms with E-state index in [1.807, 2.05) is 33.3 Å². The Morgan fingerprint density at radius 3 is 2.96 bits per heavy atom. The molecule has 0 saturated carbocycles. The highest BCUT2D eigenvalue weighted by atomic mass is 19.1. The number of amides is 1. The Hall–Kier alpha value is -2.41. The number of hydrogen-bond donors (Lipinski definition) is 2. The van der Waals surface area contributed by atoms with Crippen molar-refractivity contribution in [3.63, 3.8) is 0 Å². The molecule has 1 fully saturated rings. The first-order valence-electron chi connectivity index (χ1n) is 9.30. The minimum absolute atomic E-state index is 0.00632. The Morgan fingerprint density at radius 1 is 1.41 bits per heavy atom. The highest BCUT2D eigenvalue weighted by molar-refractivity contribution is 5.81. The minimum atomic E-state index is -0.477. The highest BCUT2D eigenvalue weighted by Gasteiger charge is 2.39. The van der Waals surface area contributed by atoms with Gasteiger partial charge in [-0.15, -0.1) is 0 Å². The summed E-state index contributed by atoms with van der Waals surface area (Å²) in [6.45, 7) is 5.30. The van der Waals surface area contributed by atoms with Crippen LogP contribution in [0.3, 0.4) is 0 Å². The molecule has 0 aliphatic carbocycles. The number of aromatic nitrogens is 2. The lowest BCUT2D eigenvalue weighted by molar-refractivity contribution is -0.126. The normalized spacial score (nSPS) is 26.3. The summed E-state index contributed by atoms with van der Waals surface area (Å²) in [5, 5.41) is 10.7.